The van der Waals surface area contributed by atoms with Crippen LogP contribution in [-0.2, 0) is 14.3 Å². The molecule has 0 fully saturated rings. The van der Waals surface area contributed by atoms with Crippen LogP contribution < -0.4 is 5.32 Å². The van der Waals surface area contributed by atoms with Gasteiger partial charge in [0, 0.05) is 12.8 Å². The van der Waals surface area contributed by atoms with Crippen LogP contribution in [0.1, 0.15) is 380 Å². The van der Waals surface area contributed by atoms with Crippen molar-refractivity contribution in [3.63, 3.8) is 0 Å². The average molecular weight is 1030 g/mol. The Morgan fingerprint density at radius 2 is 0.644 bits per heavy atom. The quantitative estimate of drug-likeness (QED) is 0.0320. The summed E-state index contributed by atoms with van der Waals surface area (Å²) in [7, 11) is 0. The van der Waals surface area contributed by atoms with Gasteiger partial charge in [-0.25, -0.2) is 0 Å². The minimum Gasteiger partial charge on any atom is -0.466 e. The van der Waals surface area contributed by atoms with Gasteiger partial charge in [-0.3, -0.25) is 9.59 Å². The number of aliphatic hydroxyl groups excluding tert-OH is 2. The van der Waals surface area contributed by atoms with Gasteiger partial charge in [-0.1, -0.05) is 328 Å². The highest BCUT2D eigenvalue weighted by Gasteiger charge is 2.20. The fourth-order valence-electron chi connectivity index (χ4n) is 10.7. The Kier molecular flexibility index (Phi) is 61.9. The lowest BCUT2D eigenvalue weighted by Crippen LogP contribution is -2.45. The van der Waals surface area contributed by atoms with Crippen molar-refractivity contribution in [3.8, 4) is 0 Å². The number of carbonyl (C=O) groups is 2. The largest absolute Gasteiger partial charge is 0.466 e. The number of allylic oxidation sites excluding steroid dienone is 2. The lowest BCUT2D eigenvalue weighted by Gasteiger charge is -2.22. The van der Waals surface area contributed by atoms with Crippen molar-refractivity contribution in [3.05, 3.63) is 12.2 Å². The Morgan fingerprint density at radius 3 is 0.973 bits per heavy atom. The second-order valence-corrected chi connectivity index (χ2v) is 23.2. The standard InChI is InChI=1S/C67H131NO5/c1-3-5-7-9-11-13-15-17-19-21-22-23-24-28-31-35-39-43-47-51-55-59-65(70)64(63-69)68-66(71)60-56-52-48-44-40-36-32-29-25-26-30-34-38-42-46-50-54-58-62-73-67(72)61-57-53-49-45-41-37-33-27-20-18-16-14-12-10-8-6-4-2/h29,32,64-65,69-70H,3-28,30-31,33-63H2,1-2H3,(H,68,71)/b32-29-. The lowest BCUT2D eigenvalue weighted by molar-refractivity contribution is -0.143. The van der Waals surface area contributed by atoms with Crippen LogP contribution >= 0.6 is 0 Å². The summed E-state index contributed by atoms with van der Waals surface area (Å²) in [5.74, 6) is -0.0367. The van der Waals surface area contributed by atoms with Crippen LogP contribution in [0, 0.1) is 0 Å². The molecular formula is C67H131NO5. The second kappa shape index (κ2) is 63.1. The second-order valence-electron chi connectivity index (χ2n) is 23.2. The third-order valence-corrected chi connectivity index (χ3v) is 15.8. The molecule has 0 rings (SSSR count). The highest BCUT2D eigenvalue weighted by Crippen LogP contribution is 2.19. The maximum Gasteiger partial charge on any atom is 0.305 e. The van der Waals surface area contributed by atoms with Gasteiger partial charge < -0.3 is 20.3 Å². The zero-order chi connectivity index (χ0) is 52.9. The normalized spacial score (nSPS) is 12.5. The van der Waals surface area contributed by atoms with Crippen molar-refractivity contribution in [2.45, 2.75) is 392 Å². The van der Waals surface area contributed by atoms with Crippen molar-refractivity contribution in [2.75, 3.05) is 13.2 Å². The van der Waals surface area contributed by atoms with E-state index >= 15 is 0 Å². The molecule has 73 heavy (non-hydrogen) atoms. The van der Waals surface area contributed by atoms with Gasteiger partial charge in [-0.2, -0.15) is 0 Å². The molecule has 0 bridgehead atoms. The molecule has 0 aliphatic heterocycles. The number of hydrogen-bond donors (Lipinski definition) is 3. The van der Waals surface area contributed by atoms with E-state index in [1.165, 1.54) is 295 Å². The van der Waals surface area contributed by atoms with Crippen LogP contribution in [0.15, 0.2) is 12.2 Å². The number of carbonyl (C=O) groups excluding carboxylic acids is 2. The molecule has 0 heterocycles. The van der Waals surface area contributed by atoms with Crippen LogP contribution in [0.3, 0.4) is 0 Å². The first-order chi connectivity index (χ1) is 36.0. The number of unbranched alkanes of at least 4 members (excludes halogenated alkanes) is 50. The van der Waals surface area contributed by atoms with Crippen LogP contribution in [0.4, 0.5) is 0 Å². The van der Waals surface area contributed by atoms with Crippen LogP contribution in [-0.4, -0.2) is 47.4 Å². The number of amides is 1. The Labute approximate surface area is 457 Å². The molecule has 0 aliphatic rings. The van der Waals surface area contributed by atoms with Crippen molar-refractivity contribution in [1.29, 1.82) is 0 Å². The van der Waals surface area contributed by atoms with Crippen molar-refractivity contribution in [2.24, 2.45) is 0 Å². The molecule has 0 saturated carbocycles. The van der Waals surface area contributed by atoms with Crippen LogP contribution in [0.25, 0.3) is 0 Å². The van der Waals surface area contributed by atoms with E-state index in [2.05, 4.69) is 31.3 Å². The third kappa shape index (κ3) is 59.7. The molecule has 0 saturated heterocycles. The molecule has 0 radical (unpaired) electrons. The van der Waals surface area contributed by atoms with E-state index in [-0.39, 0.29) is 18.5 Å². The van der Waals surface area contributed by atoms with E-state index in [9.17, 15) is 19.8 Å². The van der Waals surface area contributed by atoms with E-state index in [1.807, 2.05) is 0 Å². The van der Waals surface area contributed by atoms with Gasteiger partial charge in [0.1, 0.15) is 0 Å². The minimum absolute atomic E-state index is 0.00815. The molecule has 0 aromatic carbocycles. The predicted molar refractivity (Wildman–Crippen MR) is 320 cm³/mol. The van der Waals surface area contributed by atoms with E-state index < -0.39 is 12.1 Å². The topological polar surface area (TPSA) is 95.9 Å². The molecule has 0 aromatic heterocycles. The number of rotatable bonds is 63. The van der Waals surface area contributed by atoms with E-state index in [0.29, 0.717) is 25.9 Å². The molecule has 0 spiro atoms. The molecule has 1 amide bonds. The van der Waals surface area contributed by atoms with Gasteiger partial charge in [-0.15, -0.1) is 0 Å². The van der Waals surface area contributed by atoms with Gasteiger partial charge in [0.2, 0.25) is 5.91 Å². The van der Waals surface area contributed by atoms with E-state index in [1.54, 1.807) is 0 Å². The van der Waals surface area contributed by atoms with Gasteiger partial charge >= 0.3 is 5.97 Å². The number of ether oxygens (including phenoxy) is 1. The Morgan fingerprint density at radius 1 is 0.370 bits per heavy atom. The first kappa shape index (κ1) is 71.6. The van der Waals surface area contributed by atoms with Gasteiger partial charge in [-0.05, 0) is 51.4 Å². The number of nitrogens with one attached hydrogen (secondary N) is 1. The lowest BCUT2D eigenvalue weighted by atomic mass is 10.0. The zero-order valence-corrected chi connectivity index (χ0v) is 49.6. The molecular weight excluding hydrogens is 899 g/mol. The maximum absolute atomic E-state index is 12.5. The molecule has 6 nitrogen and oxygen atoms in total. The van der Waals surface area contributed by atoms with Crippen molar-refractivity contribution < 1.29 is 24.5 Å². The smallest absolute Gasteiger partial charge is 0.305 e. The highest BCUT2D eigenvalue weighted by atomic mass is 16.5. The summed E-state index contributed by atoms with van der Waals surface area (Å²) >= 11 is 0. The summed E-state index contributed by atoms with van der Waals surface area (Å²) < 4.78 is 5.50. The zero-order valence-electron chi connectivity index (χ0n) is 49.6. The number of aliphatic hydroxyl groups is 2. The van der Waals surface area contributed by atoms with Gasteiger partial charge in [0.05, 0.1) is 25.4 Å². The summed E-state index contributed by atoms with van der Waals surface area (Å²) in [5, 5.41) is 23.4. The third-order valence-electron chi connectivity index (χ3n) is 15.8. The van der Waals surface area contributed by atoms with Crippen molar-refractivity contribution in [1.82, 2.24) is 5.32 Å². The first-order valence-corrected chi connectivity index (χ1v) is 33.4. The molecule has 2 atom stereocenters. The molecule has 3 N–H and O–H groups in total. The van der Waals surface area contributed by atoms with Crippen LogP contribution in [0.2, 0.25) is 0 Å². The fourth-order valence-corrected chi connectivity index (χ4v) is 10.7. The van der Waals surface area contributed by atoms with E-state index in [0.717, 1.165) is 51.4 Å². The van der Waals surface area contributed by atoms with Gasteiger partial charge in [0.25, 0.3) is 0 Å². The Balaban J connectivity index is 3.42. The maximum atomic E-state index is 12.5. The average Bonchev–Trinajstić information content (AvgIpc) is 3.39. The van der Waals surface area contributed by atoms with Gasteiger partial charge in [0.15, 0.2) is 0 Å². The van der Waals surface area contributed by atoms with Crippen molar-refractivity contribution >= 4 is 11.9 Å². The summed E-state index contributed by atoms with van der Waals surface area (Å²) in [6, 6.07) is -0.552. The summed E-state index contributed by atoms with van der Waals surface area (Å²) in [6.45, 7) is 4.98. The summed E-state index contributed by atoms with van der Waals surface area (Å²) in [6.07, 6.45) is 76.6. The molecule has 434 valence electrons. The van der Waals surface area contributed by atoms with Crippen LogP contribution in [0.5, 0.6) is 0 Å². The number of esters is 1. The predicted octanol–water partition coefficient (Wildman–Crippen LogP) is 21.2. The first-order valence-electron chi connectivity index (χ1n) is 33.4. The minimum atomic E-state index is -0.673. The monoisotopic (exact) mass is 1030 g/mol. The molecule has 0 aromatic rings. The SMILES string of the molecule is CCCCCCCCCCCCCCCCCCCCCCCC(O)C(CO)NC(=O)CCCCCCC/C=C\CCCCCCCCCCCOC(=O)CCCCCCCCCCCCCCCCCCC. The molecule has 0 aliphatic carbocycles. The molecule has 6 heteroatoms. The highest BCUT2D eigenvalue weighted by molar-refractivity contribution is 5.76. The summed E-state index contributed by atoms with van der Waals surface area (Å²) in [4.78, 5) is 24.6. The fraction of sp³-hybridized carbons (Fsp3) is 0.940. The Bertz CT molecular complexity index is 1100. The van der Waals surface area contributed by atoms with E-state index in [4.69, 9.17) is 4.74 Å². The number of hydrogen-bond acceptors (Lipinski definition) is 5. The molecule has 2 unspecified atom stereocenters. The summed E-state index contributed by atoms with van der Waals surface area (Å²) in [5.41, 5.74) is 0. The Hall–Kier alpha value is -1.40.